The van der Waals surface area contributed by atoms with Crippen LogP contribution in [0.3, 0.4) is 0 Å². The highest BCUT2D eigenvalue weighted by molar-refractivity contribution is 7.99. The molecular formula is C16H21N3O2S. The summed E-state index contributed by atoms with van der Waals surface area (Å²) >= 11 is 1.41. The fraction of sp³-hybridized carbons (Fsp3) is 0.375. The predicted octanol–water partition coefficient (Wildman–Crippen LogP) is 2.96. The maximum absolute atomic E-state index is 11.3. The van der Waals surface area contributed by atoms with Crippen LogP contribution in [0.1, 0.15) is 30.9 Å². The third-order valence-corrected chi connectivity index (χ3v) is 3.95. The van der Waals surface area contributed by atoms with Gasteiger partial charge in [-0.05, 0) is 30.0 Å². The van der Waals surface area contributed by atoms with Gasteiger partial charge in [0.05, 0.1) is 6.61 Å². The lowest BCUT2D eigenvalue weighted by atomic mass is 10.0. The standard InChI is InChI=1S/C16H21N3O2S/c1-10(2)12-5-4-11(3)8-13(12)21-6-7-22-16-18-14(17)9-15(20)19-16/h4-5,8-10H,6-7H2,1-3H3,(H3,17,18,19,20). The number of thioether (sulfide) groups is 1. The number of aromatic amines is 1. The van der Waals surface area contributed by atoms with E-state index >= 15 is 0 Å². The highest BCUT2D eigenvalue weighted by Crippen LogP contribution is 2.27. The Balaban J connectivity index is 1.94. The van der Waals surface area contributed by atoms with E-state index in [1.807, 2.05) is 6.92 Å². The lowest BCUT2D eigenvalue weighted by Gasteiger charge is -2.14. The van der Waals surface area contributed by atoms with Crippen LogP contribution < -0.4 is 16.0 Å². The van der Waals surface area contributed by atoms with Gasteiger partial charge in [0.15, 0.2) is 5.16 Å². The summed E-state index contributed by atoms with van der Waals surface area (Å²) in [6.45, 7) is 6.88. The Morgan fingerprint density at radius 1 is 1.36 bits per heavy atom. The number of H-pyrrole nitrogens is 1. The first-order valence-electron chi connectivity index (χ1n) is 7.18. The highest BCUT2D eigenvalue weighted by atomic mass is 32.2. The Kier molecular flexibility index (Phi) is 5.49. The van der Waals surface area contributed by atoms with Crippen molar-refractivity contribution in [2.24, 2.45) is 0 Å². The molecule has 0 radical (unpaired) electrons. The first-order chi connectivity index (χ1) is 10.5. The monoisotopic (exact) mass is 319 g/mol. The molecule has 0 amide bonds. The van der Waals surface area contributed by atoms with Crippen LogP contribution in [0, 0.1) is 6.92 Å². The molecule has 0 saturated heterocycles. The summed E-state index contributed by atoms with van der Waals surface area (Å²) < 4.78 is 5.89. The molecule has 2 aromatic rings. The average Bonchev–Trinajstić information content (AvgIpc) is 2.42. The largest absolute Gasteiger partial charge is 0.492 e. The zero-order valence-corrected chi connectivity index (χ0v) is 13.9. The molecule has 1 heterocycles. The fourth-order valence-corrected chi connectivity index (χ4v) is 2.76. The van der Waals surface area contributed by atoms with Crippen LogP contribution >= 0.6 is 11.8 Å². The fourth-order valence-electron chi connectivity index (χ4n) is 2.06. The van der Waals surface area contributed by atoms with Gasteiger partial charge in [-0.1, -0.05) is 37.7 Å². The Morgan fingerprint density at radius 2 is 2.14 bits per heavy atom. The molecule has 22 heavy (non-hydrogen) atoms. The van der Waals surface area contributed by atoms with E-state index in [0.29, 0.717) is 23.4 Å². The maximum Gasteiger partial charge on any atom is 0.253 e. The third kappa shape index (κ3) is 4.53. The minimum Gasteiger partial charge on any atom is -0.492 e. The van der Waals surface area contributed by atoms with Crippen molar-refractivity contribution in [3.63, 3.8) is 0 Å². The van der Waals surface area contributed by atoms with E-state index in [9.17, 15) is 4.79 Å². The van der Waals surface area contributed by atoms with E-state index < -0.39 is 0 Å². The summed E-state index contributed by atoms with van der Waals surface area (Å²) in [4.78, 5) is 18.0. The van der Waals surface area contributed by atoms with Crippen molar-refractivity contribution in [2.45, 2.75) is 31.8 Å². The summed E-state index contributed by atoms with van der Waals surface area (Å²) in [6.07, 6.45) is 0. The molecule has 3 N–H and O–H groups in total. The van der Waals surface area contributed by atoms with E-state index in [2.05, 4.69) is 42.0 Å². The number of nitrogens with one attached hydrogen (secondary N) is 1. The number of anilines is 1. The van der Waals surface area contributed by atoms with Crippen molar-refractivity contribution in [3.8, 4) is 5.75 Å². The lowest BCUT2D eigenvalue weighted by Crippen LogP contribution is -2.10. The molecule has 0 aliphatic carbocycles. The number of benzene rings is 1. The van der Waals surface area contributed by atoms with E-state index in [1.165, 1.54) is 29.0 Å². The van der Waals surface area contributed by atoms with Gasteiger partial charge >= 0.3 is 0 Å². The van der Waals surface area contributed by atoms with Crippen molar-refractivity contribution in [2.75, 3.05) is 18.1 Å². The second-order valence-electron chi connectivity index (χ2n) is 5.37. The number of nitrogen functional groups attached to an aromatic ring is 1. The lowest BCUT2D eigenvalue weighted by molar-refractivity contribution is 0.338. The van der Waals surface area contributed by atoms with Gasteiger partial charge in [0.25, 0.3) is 5.56 Å². The molecular weight excluding hydrogens is 298 g/mol. The van der Waals surface area contributed by atoms with Gasteiger partial charge in [0, 0.05) is 11.8 Å². The van der Waals surface area contributed by atoms with E-state index in [1.54, 1.807) is 0 Å². The number of rotatable bonds is 6. The van der Waals surface area contributed by atoms with Gasteiger partial charge in [0.1, 0.15) is 11.6 Å². The van der Waals surface area contributed by atoms with Crippen molar-refractivity contribution < 1.29 is 4.74 Å². The summed E-state index contributed by atoms with van der Waals surface area (Å²) in [7, 11) is 0. The molecule has 6 heteroatoms. The number of nitrogens with zero attached hydrogens (tertiary/aromatic N) is 1. The van der Waals surface area contributed by atoms with Crippen molar-refractivity contribution in [1.82, 2.24) is 9.97 Å². The van der Waals surface area contributed by atoms with Crippen LogP contribution in [0.25, 0.3) is 0 Å². The second-order valence-corrected chi connectivity index (χ2v) is 6.45. The van der Waals surface area contributed by atoms with Crippen LogP contribution in [0.15, 0.2) is 34.2 Å². The SMILES string of the molecule is Cc1ccc(C(C)C)c(OCCSc2nc(N)cc(=O)[nH]2)c1. The van der Waals surface area contributed by atoms with Crippen molar-refractivity contribution >= 4 is 17.6 Å². The molecule has 0 unspecified atom stereocenters. The third-order valence-electron chi connectivity index (χ3n) is 3.11. The van der Waals surface area contributed by atoms with E-state index in [-0.39, 0.29) is 11.4 Å². The predicted molar refractivity (Wildman–Crippen MR) is 90.8 cm³/mol. The van der Waals surface area contributed by atoms with Crippen LogP contribution in [-0.2, 0) is 0 Å². The van der Waals surface area contributed by atoms with Crippen LogP contribution in [0.4, 0.5) is 5.82 Å². The highest BCUT2D eigenvalue weighted by Gasteiger charge is 2.08. The summed E-state index contributed by atoms with van der Waals surface area (Å²) in [6, 6.07) is 7.53. The van der Waals surface area contributed by atoms with E-state index in [0.717, 1.165) is 5.75 Å². The van der Waals surface area contributed by atoms with Gasteiger partial charge < -0.3 is 15.5 Å². The molecule has 0 aliphatic heterocycles. The minimum absolute atomic E-state index is 0.230. The zero-order valence-electron chi connectivity index (χ0n) is 13.1. The number of ether oxygens (including phenoxy) is 1. The van der Waals surface area contributed by atoms with Crippen LogP contribution in [-0.4, -0.2) is 22.3 Å². The van der Waals surface area contributed by atoms with Crippen LogP contribution in [0.2, 0.25) is 0 Å². The number of nitrogens with two attached hydrogens (primary N) is 1. The number of hydrogen-bond donors (Lipinski definition) is 2. The molecule has 2 rings (SSSR count). The Bertz CT molecular complexity index is 698. The summed E-state index contributed by atoms with van der Waals surface area (Å²) in [5.41, 5.74) is 7.68. The normalized spacial score (nSPS) is 10.9. The Hall–Kier alpha value is -1.95. The zero-order chi connectivity index (χ0) is 16.1. The molecule has 1 aromatic carbocycles. The summed E-state index contributed by atoms with van der Waals surface area (Å²) in [5, 5.41) is 0.516. The van der Waals surface area contributed by atoms with Crippen molar-refractivity contribution in [3.05, 3.63) is 45.7 Å². The molecule has 0 aliphatic rings. The van der Waals surface area contributed by atoms with Gasteiger partial charge in [-0.15, -0.1) is 0 Å². The number of aryl methyl sites for hydroxylation is 1. The Labute approximate surface area is 134 Å². The van der Waals surface area contributed by atoms with Gasteiger partial charge in [-0.25, -0.2) is 4.98 Å². The minimum atomic E-state index is -0.239. The van der Waals surface area contributed by atoms with E-state index in [4.69, 9.17) is 10.5 Å². The topological polar surface area (TPSA) is 81.0 Å². The summed E-state index contributed by atoms with van der Waals surface area (Å²) in [5.74, 6) is 2.24. The Morgan fingerprint density at radius 3 is 2.82 bits per heavy atom. The second kappa shape index (κ2) is 7.35. The van der Waals surface area contributed by atoms with Crippen LogP contribution in [0.5, 0.6) is 5.75 Å². The first kappa shape index (κ1) is 16.4. The number of hydrogen-bond acceptors (Lipinski definition) is 5. The van der Waals surface area contributed by atoms with Crippen molar-refractivity contribution in [1.29, 1.82) is 0 Å². The average molecular weight is 319 g/mol. The quantitative estimate of drug-likeness (QED) is 0.486. The van der Waals surface area contributed by atoms with Gasteiger partial charge in [-0.3, -0.25) is 4.79 Å². The molecule has 5 nitrogen and oxygen atoms in total. The van der Waals surface area contributed by atoms with Gasteiger partial charge in [-0.2, -0.15) is 0 Å². The first-order valence-corrected chi connectivity index (χ1v) is 8.17. The molecule has 0 bridgehead atoms. The molecule has 0 saturated carbocycles. The van der Waals surface area contributed by atoms with Gasteiger partial charge in [0.2, 0.25) is 0 Å². The molecule has 1 aromatic heterocycles. The smallest absolute Gasteiger partial charge is 0.253 e. The molecule has 0 spiro atoms. The molecule has 0 atom stereocenters. The maximum atomic E-state index is 11.3. The number of aromatic nitrogens is 2. The molecule has 0 fully saturated rings. The molecule has 118 valence electrons.